The molecule has 0 bridgehead atoms. The van der Waals surface area contributed by atoms with Crippen molar-refractivity contribution in [2.45, 2.75) is 19.4 Å². The summed E-state index contributed by atoms with van der Waals surface area (Å²) in [6.45, 7) is 3.49. The second-order valence-electron chi connectivity index (χ2n) is 7.64. The first-order valence-corrected chi connectivity index (χ1v) is 10.6. The summed E-state index contributed by atoms with van der Waals surface area (Å²) in [5.41, 5.74) is 1.20. The molecule has 6 nitrogen and oxygen atoms in total. The number of nitrogens with zero attached hydrogens (tertiary/aromatic N) is 2. The fraction of sp³-hybridized carbons (Fsp3) is 0.333. The molecule has 1 aliphatic rings. The van der Waals surface area contributed by atoms with Crippen molar-refractivity contribution in [2.75, 3.05) is 33.8 Å². The van der Waals surface area contributed by atoms with Crippen molar-refractivity contribution >= 4 is 29.1 Å². The van der Waals surface area contributed by atoms with E-state index in [4.69, 9.17) is 16.3 Å². The van der Waals surface area contributed by atoms with Crippen LogP contribution in [0.25, 0.3) is 5.76 Å². The van der Waals surface area contributed by atoms with Crippen LogP contribution in [0.3, 0.4) is 0 Å². The van der Waals surface area contributed by atoms with E-state index in [2.05, 4.69) is 0 Å². The van der Waals surface area contributed by atoms with Crippen molar-refractivity contribution in [3.8, 4) is 5.75 Å². The third kappa shape index (κ3) is 4.92. The van der Waals surface area contributed by atoms with Crippen molar-refractivity contribution in [1.82, 2.24) is 9.80 Å². The molecule has 1 amide bonds. The average Bonchev–Trinajstić information content (AvgIpc) is 3.00. The van der Waals surface area contributed by atoms with Gasteiger partial charge in [0.1, 0.15) is 11.5 Å². The zero-order chi connectivity index (χ0) is 22.5. The number of ether oxygens (including phenoxy) is 1. The number of aliphatic hydroxyl groups is 1. The molecule has 0 aliphatic carbocycles. The van der Waals surface area contributed by atoms with Gasteiger partial charge in [-0.25, -0.2) is 0 Å². The Hall–Kier alpha value is -2.83. The predicted octanol–water partition coefficient (Wildman–Crippen LogP) is 4.11. The molecule has 1 saturated heterocycles. The maximum atomic E-state index is 13.0. The minimum atomic E-state index is -0.693. The molecule has 164 valence electrons. The van der Waals surface area contributed by atoms with Crippen molar-refractivity contribution < 1.29 is 19.4 Å². The van der Waals surface area contributed by atoms with Crippen LogP contribution in [0.15, 0.2) is 54.1 Å². The highest BCUT2D eigenvalue weighted by Crippen LogP contribution is 2.40. The highest BCUT2D eigenvalue weighted by molar-refractivity contribution is 6.46. The zero-order valence-electron chi connectivity index (χ0n) is 18.0. The molecule has 0 spiro atoms. The van der Waals surface area contributed by atoms with Crippen molar-refractivity contribution in [1.29, 1.82) is 0 Å². The Bertz CT molecular complexity index is 988. The molecule has 2 aromatic rings. The molecule has 3 rings (SSSR count). The van der Waals surface area contributed by atoms with E-state index in [1.807, 2.05) is 56.3 Å². The molecular formula is C24H27ClN2O4. The van der Waals surface area contributed by atoms with Crippen LogP contribution in [-0.2, 0) is 9.59 Å². The van der Waals surface area contributed by atoms with Gasteiger partial charge < -0.3 is 19.6 Å². The number of amides is 1. The van der Waals surface area contributed by atoms with Gasteiger partial charge in [-0.15, -0.1) is 0 Å². The normalized spacial score (nSPS) is 18.1. The van der Waals surface area contributed by atoms with Crippen LogP contribution in [0.5, 0.6) is 5.75 Å². The third-order valence-electron chi connectivity index (χ3n) is 5.16. The maximum Gasteiger partial charge on any atom is 0.295 e. The van der Waals surface area contributed by atoms with Crippen LogP contribution < -0.4 is 4.74 Å². The first kappa shape index (κ1) is 22.8. The quantitative estimate of drug-likeness (QED) is 0.378. The molecule has 1 atom stereocenters. The number of benzene rings is 2. The van der Waals surface area contributed by atoms with Gasteiger partial charge in [0.05, 0.1) is 23.2 Å². The predicted molar refractivity (Wildman–Crippen MR) is 121 cm³/mol. The lowest BCUT2D eigenvalue weighted by molar-refractivity contribution is -0.139. The lowest BCUT2D eigenvalue weighted by atomic mass is 9.95. The fourth-order valence-corrected chi connectivity index (χ4v) is 3.96. The Morgan fingerprint density at radius 1 is 1.16 bits per heavy atom. The standard InChI is InChI=1S/C24H27ClN2O4/c1-4-31-19-12-11-17(15-18(19)25)22(28)20-21(16-9-6-5-7-10-16)27(24(30)23(20)29)14-8-13-26(2)3/h5-7,9-12,15,21,28H,4,8,13-14H2,1-3H3. The first-order valence-electron chi connectivity index (χ1n) is 10.3. The summed E-state index contributed by atoms with van der Waals surface area (Å²) in [6.07, 6.45) is 0.707. The Balaban J connectivity index is 2.06. The van der Waals surface area contributed by atoms with E-state index in [1.54, 1.807) is 23.1 Å². The number of carbonyl (C=O) groups excluding carboxylic acids is 2. The highest BCUT2D eigenvalue weighted by atomic mass is 35.5. The largest absolute Gasteiger partial charge is 0.507 e. The smallest absolute Gasteiger partial charge is 0.295 e. The van der Waals surface area contributed by atoms with Gasteiger partial charge in [0, 0.05) is 12.1 Å². The van der Waals surface area contributed by atoms with Crippen molar-refractivity contribution in [3.63, 3.8) is 0 Å². The molecule has 1 unspecified atom stereocenters. The molecule has 31 heavy (non-hydrogen) atoms. The molecule has 2 aromatic carbocycles. The number of carbonyl (C=O) groups is 2. The SMILES string of the molecule is CCOc1ccc(C(O)=C2C(=O)C(=O)N(CCCN(C)C)C2c2ccccc2)cc1Cl. The average molecular weight is 443 g/mol. The van der Waals surface area contributed by atoms with E-state index in [9.17, 15) is 14.7 Å². The summed E-state index contributed by atoms with van der Waals surface area (Å²) in [4.78, 5) is 29.4. The van der Waals surface area contributed by atoms with Crippen LogP contribution >= 0.6 is 11.6 Å². The minimum absolute atomic E-state index is 0.0706. The Kier molecular flexibility index (Phi) is 7.36. The Morgan fingerprint density at radius 2 is 1.87 bits per heavy atom. The minimum Gasteiger partial charge on any atom is -0.507 e. The molecule has 0 aromatic heterocycles. The van der Waals surface area contributed by atoms with E-state index in [-0.39, 0.29) is 11.3 Å². The topological polar surface area (TPSA) is 70.1 Å². The first-order chi connectivity index (χ1) is 14.8. The van der Waals surface area contributed by atoms with E-state index in [0.29, 0.717) is 35.9 Å². The molecular weight excluding hydrogens is 416 g/mol. The number of halogens is 1. The lowest BCUT2D eigenvalue weighted by Gasteiger charge is -2.26. The van der Waals surface area contributed by atoms with Crippen molar-refractivity contribution in [2.24, 2.45) is 0 Å². The van der Waals surface area contributed by atoms with E-state index < -0.39 is 17.7 Å². The summed E-state index contributed by atoms with van der Waals surface area (Å²) < 4.78 is 5.44. The van der Waals surface area contributed by atoms with E-state index in [1.165, 1.54) is 0 Å². The number of likely N-dealkylation sites (tertiary alicyclic amines) is 1. The summed E-state index contributed by atoms with van der Waals surface area (Å²) in [5, 5.41) is 11.4. The summed E-state index contributed by atoms with van der Waals surface area (Å²) in [6, 6.07) is 13.4. The van der Waals surface area contributed by atoms with Crippen LogP contribution in [-0.4, -0.2) is 60.4 Å². The van der Waals surface area contributed by atoms with Crippen LogP contribution in [0.4, 0.5) is 0 Å². The second-order valence-corrected chi connectivity index (χ2v) is 8.05. The van der Waals surface area contributed by atoms with Gasteiger partial charge in [-0.3, -0.25) is 9.59 Å². The number of hydrogen-bond acceptors (Lipinski definition) is 5. The van der Waals surface area contributed by atoms with Gasteiger partial charge in [-0.1, -0.05) is 41.9 Å². The lowest BCUT2D eigenvalue weighted by Crippen LogP contribution is -2.32. The molecule has 0 saturated carbocycles. The number of aliphatic hydroxyl groups excluding tert-OH is 1. The second kappa shape index (κ2) is 9.98. The maximum absolute atomic E-state index is 13.0. The van der Waals surface area contributed by atoms with Crippen LogP contribution in [0, 0.1) is 0 Å². The summed E-state index contributed by atoms with van der Waals surface area (Å²) >= 11 is 6.28. The molecule has 0 radical (unpaired) electrons. The van der Waals surface area contributed by atoms with Gasteiger partial charge in [0.2, 0.25) is 0 Å². The van der Waals surface area contributed by atoms with Gasteiger partial charge in [0.15, 0.2) is 0 Å². The van der Waals surface area contributed by atoms with Crippen LogP contribution in [0.2, 0.25) is 5.02 Å². The molecule has 1 N–H and O–H groups in total. The molecule has 1 fully saturated rings. The van der Waals surface area contributed by atoms with Crippen LogP contribution in [0.1, 0.15) is 30.5 Å². The van der Waals surface area contributed by atoms with Crippen molar-refractivity contribution in [3.05, 3.63) is 70.3 Å². The fourth-order valence-electron chi connectivity index (χ4n) is 3.73. The molecule has 7 heteroatoms. The highest BCUT2D eigenvalue weighted by Gasteiger charge is 2.45. The van der Waals surface area contributed by atoms with Gasteiger partial charge in [0.25, 0.3) is 11.7 Å². The molecule has 1 aliphatic heterocycles. The number of ketones is 1. The van der Waals surface area contributed by atoms with Gasteiger partial charge >= 0.3 is 0 Å². The number of Topliss-reactive ketones (excluding diaryl/α,β-unsaturated/α-hetero) is 1. The van der Waals surface area contributed by atoms with E-state index >= 15 is 0 Å². The third-order valence-corrected chi connectivity index (χ3v) is 5.46. The summed E-state index contributed by atoms with van der Waals surface area (Å²) in [7, 11) is 3.91. The summed E-state index contributed by atoms with van der Waals surface area (Å²) in [5.74, 6) is -1.05. The number of hydrogen-bond donors (Lipinski definition) is 1. The van der Waals surface area contributed by atoms with E-state index in [0.717, 1.165) is 12.1 Å². The number of rotatable bonds is 8. The monoisotopic (exact) mass is 442 g/mol. The Morgan fingerprint density at radius 3 is 2.48 bits per heavy atom. The Labute approximate surface area is 187 Å². The zero-order valence-corrected chi connectivity index (χ0v) is 18.7. The van der Waals surface area contributed by atoms with Gasteiger partial charge in [-0.05, 0) is 57.7 Å². The molecule has 1 heterocycles. The van der Waals surface area contributed by atoms with Gasteiger partial charge in [-0.2, -0.15) is 0 Å².